The number of sulfonamides is 1. The van der Waals surface area contributed by atoms with Gasteiger partial charge in [-0.2, -0.15) is 0 Å². The molecule has 1 amide bonds. The van der Waals surface area contributed by atoms with E-state index in [1.54, 1.807) is 25.1 Å². The van der Waals surface area contributed by atoms with Gasteiger partial charge in [-0.05, 0) is 38.7 Å². The molecule has 0 fully saturated rings. The minimum atomic E-state index is -3.50. The molecule has 1 aromatic carbocycles. The van der Waals surface area contributed by atoms with Gasteiger partial charge < -0.3 is 10.2 Å². The Labute approximate surface area is 143 Å². The van der Waals surface area contributed by atoms with Crippen LogP contribution >= 0.6 is 11.6 Å². The van der Waals surface area contributed by atoms with Crippen LogP contribution in [0.15, 0.2) is 18.2 Å². The van der Waals surface area contributed by atoms with Crippen LogP contribution < -0.4 is 9.62 Å². The molecule has 1 rings (SSSR count). The van der Waals surface area contributed by atoms with Gasteiger partial charge in [0.2, 0.25) is 15.9 Å². The summed E-state index contributed by atoms with van der Waals surface area (Å²) in [6.45, 7) is 3.14. The van der Waals surface area contributed by atoms with Gasteiger partial charge >= 0.3 is 0 Å². The molecule has 0 radical (unpaired) electrons. The van der Waals surface area contributed by atoms with Gasteiger partial charge in [0.1, 0.15) is 0 Å². The minimum Gasteiger partial charge on any atom is -0.355 e. The second kappa shape index (κ2) is 8.52. The average molecular weight is 362 g/mol. The smallest absolute Gasteiger partial charge is 0.232 e. The number of hydrogen-bond donors (Lipinski definition) is 1. The summed E-state index contributed by atoms with van der Waals surface area (Å²) in [5.74, 6) is -0.180. The second-order valence-corrected chi connectivity index (χ2v) is 8.01. The van der Waals surface area contributed by atoms with Crippen LogP contribution in [0.3, 0.4) is 0 Å². The summed E-state index contributed by atoms with van der Waals surface area (Å²) in [5, 5.41) is 3.22. The summed E-state index contributed by atoms with van der Waals surface area (Å²) in [7, 11) is 0.332. The molecule has 0 unspecified atom stereocenters. The third kappa shape index (κ3) is 6.76. The molecule has 0 saturated heterocycles. The quantitative estimate of drug-likeness (QED) is 0.761. The molecule has 23 heavy (non-hydrogen) atoms. The van der Waals surface area contributed by atoms with Crippen LogP contribution in [0.2, 0.25) is 5.02 Å². The number of anilines is 1. The number of likely N-dealkylation sites (N-methyl/N-ethyl adjacent to an activating group) is 1. The maximum Gasteiger partial charge on any atom is 0.232 e. The molecule has 0 heterocycles. The number of amides is 1. The van der Waals surface area contributed by atoms with E-state index in [0.717, 1.165) is 18.4 Å². The lowest BCUT2D eigenvalue weighted by molar-refractivity contribution is -0.120. The number of halogens is 1. The predicted molar refractivity (Wildman–Crippen MR) is 94.6 cm³/mol. The zero-order chi connectivity index (χ0) is 17.6. The molecule has 1 aromatic rings. The minimum absolute atomic E-state index is 0.0772. The van der Waals surface area contributed by atoms with Gasteiger partial charge in [-0.3, -0.25) is 9.10 Å². The normalized spacial score (nSPS) is 11.6. The predicted octanol–water partition coefficient (Wildman–Crippen LogP) is 1.48. The first-order valence-electron chi connectivity index (χ1n) is 7.26. The fourth-order valence-corrected chi connectivity index (χ4v) is 3.17. The topological polar surface area (TPSA) is 69.7 Å². The molecular weight excluding hydrogens is 338 g/mol. The van der Waals surface area contributed by atoms with Crippen molar-refractivity contribution in [1.29, 1.82) is 0 Å². The van der Waals surface area contributed by atoms with Crippen molar-refractivity contribution in [1.82, 2.24) is 10.2 Å². The molecular formula is C15H24ClN3O3S. The van der Waals surface area contributed by atoms with Crippen molar-refractivity contribution in [2.75, 3.05) is 44.3 Å². The lowest BCUT2D eigenvalue weighted by Crippen LogP contribution is -2.36. The number of rotatable bonds is 8. The summed E-state index contributed by atoms with van der Waals surface area (Å²) < 4.78 is 25.3. The van der Waals surface area contributed by atoms with Gasteiger partial charge in [0.25, 0.3) is 0 Å². The Balaban J connectivity index is 2.78. The van der Waals surface area contributed by atoms with Crippen molar-refractivity contribution in [3.63, 3.8) is 0 Å². The van der Waals surface area contributed by atoms with Gasteiger partial charge in [0.05, 0.1) is 11.9 Å². The lowest BCUT2D eigenvalue weighted by atomic mass is 10.2. The average Bonchev–Trinajstić information content (AvgIpc) is 2.41. The van der Waals surface area contributed by atoms with Crippen molar-refractivity contribution in [2.45, 2.75) is 13.3 Å². The number of hydrogen-bond acceptors (Lipinski definition) is 4. The van der Waals surface area contributed by atoms with Crippen molar-refractivity contribution < 1.29 is 13.2 Å². The van der Waals surface area contributed by atoms with Gasteiger partial charge in [0, 0.05) is 31.1 Å². The van der Waals surface area contributed by atoms with Crippen LogP contribution in [0.4, 0.5) is 5.69 Å². The van der Waals surface area contributed by atoms with E-state index < -0.39 is 10.0 Å². The highest BCUT2D eigenvalue weighted by molar-refractivity contribution is 7.92. The first kappa shape index (κ1) is 19.7. The number of carbonyl (C=O) groups is 1. The molecule has 0 atom stereocenters. The second-order valence-electron chi connectivity index (χ2n) is 5.67. The largest absolute Gasteiger partial charge is 0.355 e. The molecule has 0 aliphatic carbocycles. The highest BCUT2D eigenvalue weighted by atomic mass is 35.5. The van der Waals surface area contributed by atoms with E-state index in [1.807, 2.05) is 19.0 Å². The summed E-state index contributed by atoms with van der Waals surface area (Å²) >= 11 is 5.97. The SMILES string of the molecule is Cc1ccc(Cl)cc1N(CCC(=O)NCCN(C)C)S(C)(=O)=O. The molecule has 130 valence electrons. The van der Waals surface area contributed by atoms with Gasteiger partial charge in [-0.15, -0.1) is 0 Å². The molecule has 0 bridgehead atoms. The number of nitrogens with zero attached hydrogens (tertiary/aromatic N) is 2. The Morgan fingerprint density at radius 1 is 1.26 bits per heavy atom. The number of carbonyl (C=O) groups excluding carboxylic acids is 1. The van der Waals surface area contributed by atoms with E-state index in [1.165, 1.54) is 4.31 Å². The zero-order valence-corrected chi connectivity index (χ0v) is 15.5. The zero-order valence-electron chi connectivity index (χ0n) is 14.0. The first-order chi connectivity index (χ1) is 10.6. The van der Waals surface area contributed by atoms with Crippen molar-refractivity contribution in [3.8, 4) is 0 Å². The Bertz CT molecular complexity index is 647. The third-order valence-corrected chi connectivity index (χ3v) is 4.68. The molecule has 0 aromatic heterocycles. The number of nitrogens with one attached hydrogen (secondary N) is 1. The van der Waals surface area contributed by atoms with Crippen LogP contribution in [0.1, 0.15) is 12.0 Å². The summed E-state index contributed by atoms with van der Waals surface area (Å²) in [5.41, 5.74) is 1.29. The van der Waals surface area contributed by atoms with E-state index in [9.17, 15) is 13.2 Å². The Morgan fingerprint density at radius 2 is 1.91 bits per heavy atom. The highest BCUT2D eigenvalue weighted by Crippen LogP contribution is 2.26. The lowest BCUT2D eigenvalue weighted by Gasteiger charge is -2.24. The molecule has 0 saturated carbocycles. The number of benzene rings is 1. The summed E-state index contributed by atoms with van der Waals surface area (Å²) in [6, 6.07) is 5.06. The molecule has 6 nitrogen and oxygen atoms in total. The maximum atomic E-state index is 12.1. The highest BCUT2D eigenvalue weighted by Gasteiger charge is 2.20. The van der Waals surface area contributed by atoms with E-state index in [2.05, 4.69) is 5.32 Å². The van der Waals surface area contributed by atoms with Crippen LogP contribution in [-0.2, 0) is 14.8 Å². The fraction of sp³-hybridized carbons (Fsp3) is 0.533. The van der Waals surface area contributed by atoms with E-state index in [-0.39, 0.29) is 18.9 Å². The van der Waals surface area contributed by atoms with E-state index in [4.69, 9.17) is 11.6 Å². The van der Waals surface area contributed by atoms with Crippen LogP contribution in [0.5, 0.6) is 0 Å². The summed E-state index contributed by atoms with van der Waals surface area (Å²) in [4.78, 5) is 13.8. The van der Waals surface area contributed by atoms with Gasteiger partial charge in [-0.25, -0.2) is 8.42 Å². The first-order valence-corrected chi connectivity index (χ1v) is 9.49. The van der Waals surface area contributed by atoms with E-state index in [0.29, 0.717) is 17.3 Å². The fourth-order valence-electron chi connectivity index (χ4n) is 2.03. The number of aryl methyl sites for hydroxylation is 1. The molecule has 8 heteroatoms. The van der Waals surface area contributed by atoms with Crippen molar-refractivity contribution in [3.05, 3.63) is 28.8 Å². The Morgan fingerprint density at radius 3 is 2.48 bits per heavy atom. The molecule has 1 N–H and O–H groups in total. The molecule has 0 aliphatic heterocycles. The monoisotopic (exact) mass is 361 g/mol. The van der Waals surface area contributed by atoms with Crippen molar-refractivity contribution >= 4 is 33.2 Å². The third-order valence-electron chi connectivity index (χ3n) is 3.26. The maximum absolute atomic E-state index is 12.1. The van der Waals surface area contributed by atoms with E-state index >= 15 is 0 Å². The van der Waals surface area contributed by atoms with Gasteiger partial charge in [-0.1, -0.05) is 17.7 Å². The summed E-state index contributed by atoms with van der Waals surface area (Å²) in [6.07, 6.45) is 1.21. The standard InChI is InChI=1S/C15H24ClN3O3S/c1-12-5-6-13(16)11-14(12)19(23(4,21)22)9-7-15(20)17-8-10-18(2)3/h5-6,11H,7-10H2,1-4H3,(H,17,20). The molecule has 0 aliphatic rings. The van der Waals surface area contributed by atoms with Crippen LogP contribution in [0, 0.1) is 6.92 Å². The Hall–Kier alpha value is -1.31. The van der Waals surface area contributed by atoms with Gasteiger partial charge in [0.15, 0.2) is 0 Å². The van der Waals surface area contributed by atoms with Crippen LogP contribution in [0.25, 0.3) is 0 Å². The Kier molecular flexibility index (Phi) is 7.31. The molecule has 0 spiro atoms. The van der Waals surface area contributed by atoms with Crippen LogP contribution in [-0.4, -0.2) is 59.2 Å². The van der Waals surface area contributed by atoms with Crippen molar-refractivity contribution in [2.24, 2.45) is 0 Å².